The Balaban J connectivity index is 2.37. The number of ether oxygens (including phenoxy) is 1. The van der Waals surface area contributed by atoms with Crippen LogP contribution in [0.3, 0.4) is 0 Å². The summed E-state index contributed by atoms with van der Waals surface area (Å²) in [6.45, 7) is 9.94. The summed E-state index contributed by atoms with van der Waals surface area (Å²) in [5.74, 6) is -0.599. The van der Waals surface area contributed by atoms with E-state index in [0.717, 1.165) is 10.0 Å². The predicted octanol–water partition coefficient (Wildman–Crippen LogP) is 3.82. The van der Waals surface area contributed by atoms with Gasteiger partial charge in [-0.2, -0.15) is 0 Å². The van der Waals surface area contributed by atoms with Gasteiger partial charge in [0.2, 0.25) is 0 Å². The van der Waals surface area contributed by atoms with Gasteiger partial charge >= 0.3 is 13.1 Å². The monoisotopic (exact) mass is 398 g/mol. The molecule has 0 saturated carbocycles. The van der Waals surface area contributed by atoms with Gasteiger partial charge in [-0.15, -0.1) is 0 Å². The van der Waals surface area contributed by atoms with E-state index in [9.17, 15) is 9.90 Å². The molecule has 1 saturated heterocycles. The molecular formula is C17H24BBrO5. The molecule has 5 nitrogen and oxygen atoms in total. The molecule has 0 radical (unpaired) electrons. The van der Waals surface area contributed by atoms with Crippen LogP contribution in [0.1, 0.15) is 52.4 Å². The maximum absolute atomic E-state index is 12.1. The number of carbonyl (C=O) groups excluding carboxylic acids is 1. The van der Waals surface area contributed by atoms with E-state index >= 15 is 0 Å². The summed E-state index contributed by atoms with van der Waals surface area (Å²) in [7, 11) is -0.613. The minimum Gasteiger partial charge on any atom is -0.508 e. The van der Waals surface area contributed by atoms with Crippen molar-refractivity contribution in [2.24, 2.45) is 0 Å². The third-order valence-corrected chi connectivity index (χ3v) is 5.39. The molecule has 1 atom stereocenters. The quantitative estimate of drug-likeness (QED) is 0.603. The van der Waals surface area contributed by atoms with Crippen molar-refractivity contribution in [3.63, 3.8) is 0 Å². The first-order valence-electron chi connectivity index (χ1n) is 8.07. The van der Waals surface area contributed by atoms with Crippen LogP contribution < -0.4 is 0 Å². The van der Waals surface area contributed by atoms with Crippen molar-refractivity contribution in [1.82, 2.24) is 0 Å². The zero-order chi connectivity index (χ0) is 18.1. The number of carbonyl (C=O) groups is 1. The largest absolute Gasteiger partial charge is 0.508 e. The van der Waals surface area contributed by atoms with Crippen molar-refractivity contribution < 1.29 is 23.9 Å². The average molecular weight is 399 g/mol. The van der Waals surface area contributed by atoms with Crippen molar-refractivity contribution in [1.29, 1.82) is 0 Å². The van der Waals surface area contributed by atoms with Crippen LogP contribution >= 0.6 is 15.9 Å². The highest BCUT2D eigenvalue weighted by atomic mass is 79.9. The molecule has 7 heteroatoms. The van der Waals surface area contributed by atoms with Crippen LogP contribution in [0.5, 0.6) is 5.75 Å². The summed E-state index contributed by atoms with van der Waals surface area (Å²) < 4.78 is 18.1. The molecule has 1 aliphatic rings. The zero-order valence-corrected chi connectivity index (χ0v) is 16.3. The van der Waals surface area contributed by atoms with Crippen LogP contribution in [0.2, 0.25) is 0 Å². The van der Waals surface area contributed by atoms with Crippen molar-refractivity contribution >= 4 is 29.0 Å². The fourth-order valence-electron chi connectivity index (χ4n) is 2.62. The van der Waals surface area contributed by atoms with Gasteiger partial charge in [-0.3, -0.25) is 4.79 Å². The Labute approximate surface area is 151 Å². The molecule has 1 unspecified atom stereocenters. The highest BCUT2D eigenvalue weighted by Crippen LogP contribution is 2.43. The van der Waals surface area contributed by atoms with Gasteiger partial charge in [0.05, 0.1) is 24.2 Å². The normalized spacial score (nSPS) is 20.0. The molecule has 1 aromatic rings. The molecule has 2 rings (SSSR count). The first-order chi connectivity index (χ1) is 11.1. The fourth-order valence-corrected chi connectivity index (χ4v) is 3.16. The zero-order valence-electron chi connectivity index (χ0n) is 14.8. The van der Waals surface area contributed by atoms with Crippen LogP contribution in [0, 0.1) is 0 Å². The van der Waals surface area contributed by atoms with Crippen molar-refractivity contribution in [2.75, 3.05) is 6.61 Å². The molecular weight excluding hydrogens is 375 g/mol. The molecule has 0 spiro atoms. The van der Waals surface area contributed by atoms with Gasteiger partial charge in [-0.05, 0) is 58.4 Å². The summed E-state index contributed by atoms with van der Waals surface area (Å²) in [5.41, 5.74) is -0.261. The van der Waals surface area contributed by atoms with Gasteiger partial charge in [-0.1, -0.05) is 15.9 Å². The molecule has 1 fully saturated rings. The number of esters is 1. The van der Waals surface area contributed by atoms with Crippen molar-refractivity contribution in [3.8, 4) is 5.75 Å². The second kappa shape index (κ2) is 7.06. The maximum atomic E-state index is 12.1. The lowest BCUT2D eigenvalue weighted by Gasteiger charge is -2.32. The van der Waals surface area contributed by atoms with E-state index in [1.165, 1.54) is 0 Å². The summed E-state index contributed by atoms with van der Waals surface area (Å²) in [5, 5.41) is 9.85. The molecule has 24 heavy (non-hydrogen) atoms. The van der Waals surface area contributed by atoms with E-state index in [2.05, 4.69) is 15.9 Å². The Bertz CT molecular complexity index is 601. The summed E-state index contributed by atoms with van der Waals surface area (Å²) in [6, 6.07) is 4.95. The summed E-state index contributed by atoms with van der Waals surface area (Å²) >= 11 is 3.49. The van der Waals surface area contributed by atoms with Crippen LogP contribution in [0.4, 0.5) is 0 Å². The Hall–Kier alpha value is -1.05. The van der Waals surface area contributed by atoms with E-state index in [1.54, 1.807) is 25.1 Å². The molecule has 132 valence electrons. The van der Waals surface area contributed by atoms with E-state index < -0.39 is 24.1 Å². The van der Waals surface area contributed by atoms with Gasteiger partial charge in [0.15, 0.2) is 0 Å². The Morgan fingerprint density at radius 2 is 1.88 bits per heavy atom. The van der Waals surface area contributed by atoms with E-state index in [-0.39, 0.29) is 18.1 Å². The van der Waals surface area contributed by atoms with Crippen LogP contribution in [-0.2, 0) is 18.8 Å². The van der Waals surface area contributed by atoms with Crippen LogP contribution in [0.25, 0.3) is 0 Å². The van der Waals surface area contributed by atoms with E-state index in [0.29, 0.717) is 6.61 Å². The first kappa shape index (κ1) is 19.3. The lowest BCUT2D eigenvalue weighted by molar-refractivity contribution is -0.143. The number of hydrogen-bond donors (Lipinski definition) is 1. The van der Waals surface area contributed by atoms with E-state index in [4.69, 9.17) is 14.0 Å². The van der Waals surface area contributed by atoms with E-state index in [1.807, 2.05) is 27.7 Å². The molecule has 1 aromatic carbocycles. The molecule has 0 aromatic heterocycles. The molecule has 0 bridgehead atoms. The van der Waals surface area contributed by atoms with Gasteiger partial charge in [0.1, 0.15) is 5.75 Å². The maximum Gasteiger partial charge on any atom is 0.466 e. The summed E-state index contributed by atoms with van der Waals surface area (Å²) in [4.78, 5) is 12.1. The third kappa shape index (κ3) is 3.95. The van der Waals surface area contributed by atoms with Gasteiger partial charge in [-0.25, -0.2) is 0 Å². The molecule has 1 heterocycles. The number of aromatic hydroxyl groups is 1. The minimum atomic E-state index is -0.613. The standard InChI is InChI=1S/C17H24BBrO5/c1-6-22-15(21)10-13(12-9-11(20)7-8-14(12)19)18-23-16(2,3)17(4,5)24-18/h7-9,13,20H,6,10H2,1-5H3. The lowest BCUT2D eigenvalue weighted by Crippen LogP contribution is -2.41. The smallest absolute Gasteiger partial charge is 0.466 e. The van der Waals surface area contributed by atoms with Crippen LogP contribution in [0.15, 0.2) is 22.7 Å². The second-order valence-corrected chi connectivity index (χ2v) is 7.80. The Morgan fingerprint density at radius 1 is 1.29 bits per heavy atom. The average Bonchev–Trinajstić information content (AvgIpc) is 2.68. The number of rotatable bonds is 5. The molecule has 1 aliphatic heterocycles. The second-order valence-electron chi connectivity index (χ2n) is 6.95. The lowest BCUT2D eigenvalue weighted by atomic mass is 9.66. The predicted molar refractivity (Wildman–Crippen MR) is 95.9 cm³/mol. The van der Waals surface area contributed by atoms with Gasteiger partial charge < -0.3 is 19.2 Å². The SMILES string of the molecule is CCOC(=O)CC(B1OC(C)(C)C(C)(C)O1)c1cc(O)ccc1Br. The molecule has 0 aliphatic carbocycles. The molecule has 0 amide bonds. The first-order valence-corrected chi connectivity index (χ1v) is 8.86. The number of phenolic OH excluding ortho intramolecular Hbond substituents is 1. The number of halogens is 1. The Morgan fingerprint density at radius 3 is 2.42 bits per heavy atom. The van der Waals surface area contributed by atoms with Crippen molar-refractivity contribution in [2.45, 2.75) is 58.1 Å². The molecule has 1 N–H and O–H groups in total. The highest BCUT2D eigenvalue weighted by Gasteiger charge is 2.54. The fraction of sp³-hybridized carbons (Fsp3) is 0.588. The number of hydrogen-bond acceptors (Lipinski definition) is 5. The third-order valence-electron chi connectivity index (χ3n) is 4.67. The summed E-state index contributed by atoms with van der Waals surface area (Å²) in [6.07, 6.45) is 0.104. The van der Waals surface area contributed by atoms with Crippen molar-refractivity contribution in [3.05, 3.63) is 28.2 Å². The number of benzene rings is 1. The minimum absolute atomic E-state index is 0.104. The van der Waals surface area contributed by atoms with Crippen LogP contribution in [-0.4, -0.2) is 36.0 Å². The topological polar surface area (TPSA) is 65.0 Å². The van der Waals surface area contributed by atoms with Gasteiger partial charge in [0.25, 0.3) is 0 Å². The highest BCUT2D eigenvalue weighted by molar-refractivity contribution is 9.10. The Kier molecular flexibility index (Phi) is 5.67. The number of phenols is 1. The van der Waals surface area contributed by atoms with Gasteiger partial charge in [0, 0.05) is 10.3 Å².